The molecular weight excluding hydrogens is 416 g/mol. The second kappa shape index (κ2) is 9.05. The highest BCUT2D eigenvalue weighted by Crippen LogP contribution is 2.40. The van der Waals surface area contributed by atoms with Crippen molar-refractivity contribution in [3.63, 3.8) is 0 Å². The van der Waals surface area contributed by atoms with Gasteiger partial charge in [-0.15, -0.1) is 0 Å². The van der Waals surface area contributed by atoms with Crippen LogP contribution < -0.4 is 15.1 Å². The zero-order valence-corrected chi connectivity index (χ0v) is 20.8. The van der Waals surface area contributed by atoms with Crippen molar-refractivity contribution >= 4 is 34.9 Å². The molecule has 0 bridgehead atoms. The second-order valence-corrected chi connectivity index (χ2v) is 8.60. The summed E-state index contributed by atoms with van der Waals surface area (Å²) < 4.78 is 0. The van der Waals surface area contributed by atoms with Gasteiger partial charge in [0.25, 0.3) is 0 Å². The first kappa shape index (κ1) is 24.0. The Labute approximate surface area is 195 Å². The van der Waals surface area contributed by atoms with E-state index in [0.717, 1.165) is 39.3 Å². The molecule has 0 saturated heterocycles. The molecule has 0 radical (unpaired) electrons. The van der Waals surface area contributed by atoms with Crippen molar-refractivity contribution in [1.29, 1.82) is 0 Å². The number of hydrogen-bond donors (Lipinski definition) is 2. The summed E-state index contributed by atoms with van der Waals surface area (Å²) in [5.74, 6) is 0.490. The van der Waals surface area contributed by atoms with Gasteiger partial charge in [-0.05, 0) is 69.4 Å². The van der Waals surface area contributed by atoms with Crippen LogP contribution in [-0.2, 0) is 0 Å². The fraction of sp³-hybridized carbons (Fsp3) is 0.360. The number of aryl methyl sites for hydroxylation is 3. The zero-order valence-electron chi connectivity index (χ0n) is 20.8. The van der Waals surface area contributed by atoms with Gasteiger partial charge in [-0.2, -0.15) is 15.0 Å². The number of rotatable bonds is 6. The lowest BCUT2D eigenvalue weighted by molar-refractivity contribution is 0.0695. The Bertz CT molecular complexity index is 1220. The molecule has 8 heteroatoms. The van der Waals surface area contributed by atoms with E-state index in [1.54, 1.807) is 0 Å². The number of carboxylic acids is 1. The molecule has 3 rings (SSSR count). The van der Waals surface area contributed by atoms with Gasteiger partial charge in [0.15, 0.2) is 0 Å². The molecule has 0 unspecified atom stereocenters. The maximum atomic E-state index is 12.1. The summed E-state index contributed by atoms with van der Waals surface area (Å²) in [4.78, 5) is 29.6. The van der Waals surface area contributed by atoms with Crippen LogP contribution in [0.15, 0.2) is 18.2 Å². The Morgan fingerprint density at radius 1 is 0.848 bits per heavy atom. The third-order valence-electron chi connectivity index (χ3n) is 5.92. The number of benzene rings is 2. The predicted octanol–water partition coefficient (Wildman–Crippen LogP) is 5.00. The van der Waals surface area contributed by atoms with Crippen LogP contribution in [0, 0.1) is 41.5 Å². The molecule has 2 aromatic carbocycles. The standard InChI is InChI=1S/C25H32N6O2/c1-13-11-10-12-14(2)20(13)28-24-26-18(6)27-25(29-24)31(9)22-16(4)19(23(32)33)15(3)21(17(22)5)30(7)8/h10-12H,1-9H3,(H,32,33)(H,26,27,28,29). The fourth-order valence-electron chi connectivity index (χ4n) is 4.58. The summed E-state index contributed by atoms with van der Waals surface area (Å²) in [6.07, 6.45) is 0. The lowest BCUT2D eigenvalue weighted by Gasteiger charge is -2.29. The number of carboxylic acid groups (broad SMARTS) is 1. The molecule has 0 fully saturated rings. The van der Waals surface area contributed by atoms with Crippen LogP contribution in [0.25, 0.3) is 0 Å². The quantitative estimate of drug-likeness (QED) is 0.544. The number of carbonyl (C=O) groups is 1. The van der Waals surface area contributed by atoms with E-state index in [4.69, 9.17) is 0 Å². The van der Waals surface area contributed by atoms with Crippen LogP contribution in [0.4, 0.5) is 29.0 Å². The molecule has 1 aromatic heterocycles. The number of anilines is 5. The van der Waals surface area contributed by atoms with Crippen molar-refractivity contribution in [3.8, 4) is 0 Å². The van der Waals surface area contributed by atoms with Gasteiger partial charge >= 0.3 is 5.97 Å². The summed E-state index contributed by atoms with van der Waals surface area (Å²) >= 11 is 0. The third kappa shape index (κ3) is 4.46. The first-order valence-corrected chi connectivity index (χ1v) is 10.8. The third-order valence-corrected chi connectivity index (χ3v) is 5.92. The number of aromatic carboxylic acids is 1. The molecule has 0 saturated carbocycles. The normalized spacial score (nSPS) is 10.8. The number of hydrogen-bond acceptors (Lipinski definition) is 7. The summed E-state index contributed by atoms with van der Waals surface area (Å²) in [5, 5.41) is 13.3. The van der Waals surface area contributed by atoms with Gasteiger partial charge < -0.3 is 20.2 Å². The predicted molar refractivity (Wildman–Crippen MR) is 134 cm³/mol. The average molecular weight is 449 g/mol. The van der Waals surface area contributed by atoms with Crippen molar-refractivity contribution < 1.29 is 9.90 Å². The summed E-state index contributed by atoms with van der Waals surface area (Å²) in [6, 6.07) is 6.08. The van der Waals surface area contributed by atoms with Gasteiger partial charge in [0, 0.05) is 32.5 Å². The minimum Gasteiger partial charge on any atom is -0.478 e. The van der Waals surface area contributed by atoms with Gasteiger partial charge in [-0.1, -0.05) is 18.2 Å². The summed E-state index contributed by atoms with van der Waals surface area (Å²) in [5.41, 5.74) is 7.46. The smallest absolute Gasteiger partial charge is 0.336 e. The second-order valence-electron chi connectivity index (χ2n) is 8.60. The lowest BCUT2D eigenvalue weighted by atomic mass is 9.93. The SMILES string of the molecule is Cc1nc(Nc2c(C)cccc2C)nc(N(C)c2c(C)c(C(=O)O)c(C)c(N(C)C)c2C)n1. The number of nitrogens with one attached hydrogen (secondary N) is 1. The highest BCUT2D eigenvalue weighted by Gasteiger charge is 2.25. The Kier molecular flexibility index (Phi) is 6.58. The largest absolute Gasteiger partial charge is 0.478 e. The van der Waals surface area contributed by atoms with Crippen LogP contribution in [0.2, 0.25) is 0 Å². The van der Waals surface area contributed by atoms with Crippen LogP contribution >= 0.6 is 0 Å². The maximum absolute atomic E-state index is 12.1. The topological polar surface area (TPSA) is 94.5 Å². The Morgan fingerprint density at radius 3 is 1.97 bits per heavy atom. The average Bonchev–Trinajstić information content (AvgIpc) is 2.69. The van der Waals surface area contributed by atoms with E-state index in [9.17, 15) is 9.90 Å². The molecule has 33 heavy (non-hydrogen) atoms. The van der Waals surface area contributed by atoms with E-state index in [0.29, 0.717) is 28.8 Å². The Hall–Kier alpha value is -3.68. The Balaban J connectivity index is 2.16. The molecule has 1 heterocycles. The van der Waals surface area contributed by atoms with Crippen molar-refractivity contribution in [2.24, 2.45) is 0 Å². The fourth-order valence-corrected chi connectivity index (χ4v) is 4.58. The number of nitrogens with zero attached hydrogens (tertiary/aromatic N) is 5. The molecule has 0 amide bonds. The minimum atomic E-state index is -0.952. The van der Waals surface area contributed by atoms with Crippen LogP contribution in [0.5, 0.6) is 0 Å². The highest BCUT2D eigenvalue weighted by atomic mass is 16.4. The number of aromatic nitrogens is 3. The molecular formula is C25H32N6O2. The molecule has 0 aliphatic rings. The van der Waals surface area contributed by atoms with E-state index >= 15 is 0 Å². The van der Waals surface area contributed by atoms with Gasteiger partial charge in [-0.25, -0.2) is 4.79 Å². The molecule has 2 N–H and O–H groups in total. The molecule has 0 atom stereocenters. The van der Waals surface area contributed by atoms with Crippen LogP contribution in [0.1, 0.15) is 44.0 Å². The minimum absolute atomic E-state index is 0.297. The van der Waals surface area contributed by atoms with E-state index in [-0.39, 0.29) is 0 Å². The van der Waals surface area contributed by atoms with E-state index in [2.05, 4.69) is 20.3 Å². The molecule has 3 aromatic rings. The zero-order chi connectivity index (χ0) is 24.6. The van der Waals surface area contributed by atoms with E-state index in [1.165, 1.54) is 0 Å². The highest BCUT2D eigenvalue weighted by molar-refractivity contribution is 5.97. The molecule has 0 aliphatic heterocycles. The molecule has 0 spiro atoms. The Morgan fingerprint density at radius 2 is 1.42 bits per heavy atom. The summed E-state index contributed by atoms with van der Waals surface area (Å²) in [7, 11) is 5.69. The number of para-hydroxylation sites is 1. The molecule has 8 nitrogen and oxygen atoms in total. The van der Waals surface area contributed by atoms with Crippen LogP contribution in [-0.4, -0.2) is 47.2 Å². The van der Waals surface area contributed by atoms with E-state index < -0.39 is 5.97 Å². The van der Waals surface area contributed by atoms with Gasteiger partial charge in [0.1, 0.15) is 5.82 Å². The monoisotopic (exact) mass is 448 g/mol. The van der Waals surface area contributed by atoms with Gasteiger partial charge in [-0.3, -0.25) is 0 Å². The lowest BCUT2D eigenvalue weighted by Crippen LogP contribution is -2.22. The first-order valence-electron chi connectivity index (χ1n) is 10.8. The van der Waals surface area contributed by atoms with Crippen molar-refractivity contribution in [3.05, 3.63) is 57.4 Å². The molecule has 0 aliphatic carbocycles. The van der Waals surface area contributed by atoms with Crippen molar-refractivity contribution in [2.45, 2.75) is 41.5 Å². The van der Waals surface area contributed by atoms with Gasteiger partial charge in [0.2, 0.25) is 11.9 Å². The van der Waals surface area contributed by atoms with Crippen molar-refractivity contribution in [2.75, 3.05) is 36.3 Å². The summed E-state index contributed by atoms with van der Waals surface area (Å²) in [6.45, 7) is 11.6. The first-order chi connectivity index (χ1) is 15.4. The van der Waals surface area contributed by atoms with Crippen molar-refractivity contribution in [1.82, 2.24) is 15.0 Å². The maximum Gasteiger partial charge on any atom is 0.336 e. The van der Waals surface area contributed by atoms with E-state index in [1.807, 2.05) is 90.7 Å². The molecule has 174 valence electrons. The van der Waals surface area contributed by atoms with Crippen LogP contribution in [0.3, 0.4) is 0 Å². The van der Waals surface area contributed by atoms with Gasteiger partial charge in [0.05, 0.1) is 11.3 Å².